The fourth-order valence-corrected chi connectivity index (χ4v) is 4.13. The van der Waals surface area contributed by atoms with Crippen molar-refractivity contribution in [3.05, 3.63) is 75.3 Å². The molecule has 4 heterocycles. The number of halogens is 5. The lowest BCUT2D eigenvalue weighted by molar-refractivity contribution is -0.186. The predicted molar refractivity (Wildman–Crippen MR) is 117 cm³/mol. The summed E-state index contributed by atoms with van der Waals surface area (Å²) in [5.41, 5.74) is -4.57. The molecule has 186 valence electrons. The van der Waals surface area contributed by atoms with Gasteiger partial charge >= 0.3 is 6.18 Å². The fraction of sp³-hybridized carbons (Fsp3) is 0.217. The fourth-order valence-electron chi connectivity index (χ4n) is 4.13. The predicted octanol–water partition coefficient (Wildman–Crippen LogP) is 4.02. The first-order chi connectivity index (χ1) is 16.9. The van der Waals surface area contributed by atoms with E-state index in [4.69, 9.17) is 4.74 Å². The number of H-pyrrole nitrogens is 1. The van der Waals surface area contributed by atoms with Gasteiger partial charge in [-0.1, -0.05) is 6.07 Å². The molecule has 0 saturated carbocycles. The van der Waals surface area contributed by atoms with Crippen molar-refractivity contribution in [3.63, 3.8) is 0 Å². The zero-order valence-electron chi connectivity index (χ0n) is 18.6. The van der Waals surface area contributed by atoms with Gasteiger partial charge in [0, 0.05) is 6.20 Å². The molecule has 0 aliphatic carbocycles. The standard InChI is InChI=1S/C23H16F5N5O3/c1-10-16(18-30-17-15(20(34)31-18)22(2,21(35)32-17)23(26,27)28)33-8-4-7-14(19(33)29-10)36-9-11-12(24)5-3-6-13(11)25/h3-8H,9H2,1-2H3,(H2,30,31,32,34,35). The third-order valence-electron chi connectivity index (χ3n) is 6.12. The molecule has 36 heavy (non-hydrogen) atoms. The van der Waals surface area contributed by atoms with Crippen LogP contribution in [0, 0.1) is 18.6 Å². The van der Waals surface area contributed by atoms with Crippen LogP contribution >= 0.6 is 0 Å². The second-order valence-corrected chi connectivity index (χ2v) is 8.32. The highest BCUT2D eigenvalue weighted by Crippen LogP contribution is 2.46. The molecule has 3 aromatic heterocycles. The van der Waals surface area contributed by atoms with Gasteiger partial charge in [-0.2, -0.15) is 13.2 Å². The highest BCUT2D eigenvalue weighted by atomic mass is 19.4. The van der Waals surface area contributed by atoms with E-state index in [0.29, 0.717) is 12.6 Å². The van der Waals surface area contributed by atoms with Crippen LogP contribution in [0.2, 0.25) is 0 Å². The number of hydrogen-bond acceptors (Lipinski definition) is 5. The Morgan fingerprint density at radius 2 is 1.78 bits per heavy atom. The van der Waals surface area contributed by atoms with Gasteiger partial charge in [0.25, 0.3) is 5.56 Å². The van der Waals surface area contributed by atoms with Crippen molar-refractivity contribution in [2.24, 2.45) is 0 Å². The number of carbonyl (C=O) groups excluding carboxylic acids is 1. The number of fused-ring (bicyclic) bond motifs is 2. The van der Waals surface area contributed by atoms with Gasteiger partial charge < -0.3 is 15.0 Å². The Labute approximate surface area is 198 Å². The van der Waals surface area contributed by atoms with Gasteiger partial charge in [-0.3, -0.25) is 14.0 Å². The number of aromatic nitrogens is 4. The molecule has 1 aliphatic rings. The molecule has 1 aliphatic heterocycles. The molecule has 0 radical (unpaired) electrons. The number of anilines is 1. The maximum atomic E-state index is 14.0. The quantitative estimate of drug-likeness (QED) is 0.408. The smallest absolute Gasteiger partial charge is 0.407 e. The maximum Gasteiger partial charge on any atom is 0.407 e. The lowest BCUT2D eigenvalue weighted by Gasteiger charge is -2.24. The Hall–Kier alpha value is -4.29. The zero-order valence-corrected chi connectivity index (χ0v) is 18.6. The van der Waals surface area contributed by atoms with Crippen LogP contribution in [-0.4, -0.2) is 31.4 Å². The van der Waals surface area contributed by atoms with Gasteiger partial charge in [0.15, 0.2) is 22.6 Å². The van der Waals surface area contributed by atoms with Gasteiger partial charge in [0.2, 0.25) is 5.91 Å². The molecule has 4 aromatic rings. The van der Waals surface area contributed by atoms with Gasteiger partial charge in [-0.25, -0.2) is 18.7 Å². The van der Waals surface area contributed by atoms with E-state index in [9.17, 15) is 31.5 Å². The van der Waals surface area contributed by atoms with E-state index in [1.807, 2.05) is 0 Å². The van der Waals surface area contributed by atoms with Crippen LogP contribution in [0.25, 0.3) is 17.2 Å². The number of imidazole rings is 1. The molecule has 0 fully saturated rings. The van der Waals surface area contributed by atoms with Crippen LogP contribution < -0.4 is 15.6 Å². The van der Waals surface area contributed by atoms with Crippen molar-refractivity contribution in [2.75, 3.05) is 5.32 Å². The second-order valence-electron chi connectivity index (χ2n) is 8.32. The third-order valence-corrected chi connectivity index (χ3v) is 6.12. The summed E-state index contributed by atoms with van der Waals surface area (Å²) in [4.78, 5) is 35.7. The molecular weight excluding hydrogens is 489 g/mol. The number of alkyl halides is 3. The summed E-state index contributed by atoms with van der Waals surface area (Å²) in [7, 11) is 0. The van der Waals surface area contributed by atoms with Crippen molar-refractivity contribution in [1.82, 2.24) is 19.4 Å². The Balaban J connectivity index is 1.59. The van der Waals surface area contributed by atoms with E-state index in [-0.39, 0.29) is 28.5 Å². The third kappa shape index (κ3) is 3.33. The maximum absolute atomic E-state index is 14.0. The molecule has 2 N–H and O–H groups in total. The first kappa shape index (κ1) is 23.5. The summed E-state index contributed by atoms with van der Waals surface area (Å²) >= 11 is 0. The van der Waals surface area contributed by atoms with Crippen LogP contribution in [0.5, 0.6) is 5.75 Å². The number of hydrogen-bond donors (Lipinski definition) is 2. The number of pyridine rings is 1. The average Bonchev–Trinajstić information content (AvgIpc) is 3.27. The van der Waals surface area contributed by atoms with Crippen LogP contribution in [-0.2, 0) is 16.8 Å². The molecule has 1 unspecified atom stereocenters. The number of nitrogens with one attached hydrogen (secondary N) is 2. The number of rotatable bonds is 4. The lowest BCUT2D eigenvalue weighted by atomic mass is 9.84. The van der Waals surface area contributed by atoms with Crippen LogP contribution in [0.4, 0.5) is 27.8 Å². The van der Waals surface area contributed by atoms with Crippen molar-refractivity contribution >= 4 is 17.4 Å². The number of aryl methyl sites for hydroxylation is 1. The molecule has 1 aromatic carbocycles. The number of aromatic amines is 1. The largest absolute Gasteiger partial charge is 0.485 e. The van der Waals surface area contributed by atoms with E-state index in [1.54, 1.807) is 13.0 Å². The Bertz CT molecular complexity index is 1590. The molecule has 8 nitrogen and oxygen atoms in total. The van der Waals surface area contributed by atoms with Gasteiger partial charge in [-0.15, -0.1) is 0 Å². The molecule has 13 heteroatoms. The number of amides is 1. The number of ether oxygens (including phenoxy) is 1. The van der Waals surface area contributed by atoms with Crippen molar-refractivity contribution in [1.29, 1.82) is 0 Å². The molecular formula is C23H16F5N5O3. The van der Waals surface area contributed by atoms with E-state index in [2.05, 4.69) is 20.3 Å². The minimum atomic E-state index is -5.03. The van der Waals surface area contributed by atoms with Gasteiger partial charge in [0.1, 0.15) is 29.8 Å². The van der Waals surface area contributed by atoms with Crippen LogP contribution in [0.3, 0.4) is 0 Å². The molecule has 1 amide bonds. The number of benzene rings is 1. The molecule has 0 spiro atoms. The highest BCUT2D eigenvalue weighted by molar-refractivity contribution is 6.05. The topological polar surface area (TPSA) is 101 Å². The van der Waals surface area contributed by atoms with E-state index in [0.717, 1.165) is 12.1 Å². The minimum absolute atomic E-state index is 0.146. The zero-order chi connectivity index (χ0) is 26.0. The first-order valence-electron chi connectivity index (χ1n) is 10.5. The minimum Gasteiger partial charge on any atom is -0.485 e. The van der Waals surface area contributed by atoms with E-state index < -0.39 is 52.7 Å². The molecule has 0 saturated heterocycles. The molecule has 0 bridgehead atoms. The second kappa shape index (κ2) is 7.86. The lowest BCUT2D eigenvalue weighted by Crippen LogP contribution is -2.47. The summed E-state index contributed by atoms with van der Waals surface area (Å²) < 4.78 is 76.0. The van der Waals surface area contributed by atoms with Gasteiger partial charge in [-0.05, 0) is 38.1 Å². The molecule has 5 rings (SSSR count). The highest BCUT2D eigenvalue weighted by Gasteiger charge is 2.63. The number of carbonyl (C=O) groups is 1. The first-order valence-corrected chi connectivity index (χ1v) is 10.5. The summed E-state index contributed by atoms with van der Waals surface area (Å²) in [6, 6.07) is 6.47. The van der Waals surface area contributed by atoms with Gasteiger partial charge in [0.05, 0.1) is 16.8 Å². The monoisotopic (exact) mass is 505 g/mol. The molecule has 1 atom stereocenters. The summed E-state index contributed by atoms with van der Waals surface area (Å²) in [5.74, 6) is -3.48. The van der Waals surface area contributed by atoms with Crippen molar-refractivity contribution in [3.8, 4) is 17.3 Å². The average molecular weight is 505 g/mol. The van der Waals surface area contributed by atoms with Crippen molar-refractivity contribution < 1.29 is 31.5 Å². The number of nitrogens with zero attached hydrogens (tertiary/aromatic N) is 3. The Kier molecular flexibility index (Phi) is 5.12. The van der Waals surface area contributed by atoms with Crippen LogP contribution in [0.1, 0.15) is 23.7 Å². The van der Waals surface area contributed by atoms with E-state index >= 15 is 0 Å². The van der Waals surface area contributed by atoms with Crippen molar-refractivity contribution in [2.45, 2.75) is 32.0 Å². The van der Waals surface area contributed by atoms with E-state index in [1.165, 1.54) is 22.7 Å². The SMILES string of the molecule is Cc1nc2c(OCc3c(F)cccc3F)cccn2c1-c1nc2c(c(=O)[nH]1)C(C)(C(F)(F)F)C(=O)N2. The summed E-state index contributed by atoms with van der Waals surface area (Å²) in [6.07, 6.45) is -3.49. The summed E-state index contributed by atoms with van der Waals surface area (Å²) in [6.45, 7) is 1.75. The Morgan fingerprint density at radius 3 is 2.44 bits per heavy atom. The van der Waals surface area contributed by atoms with Crippen LogP contribution in [0.15, 0.2) is 41.3 Å². The summed E-state index contributed by atoms with van der Waals surface area (Å²) in [5, 5.41) is 2.05. The Morgan fingerprint density at radius 1 is 1.08 bits per heavy atom. The normalized spacial score (nSPS) is 17.4.